The number of rotatable bonds is 4. The van der Waals surface area contributed by atoms with Crippen molar-refractivity contribution >= 4 is 28.7 Å². The SMILES string of the molecule is CCCCOC(=O)N(C)n1cnc2c(Cl)nc(C)c(C)c21. The number of fused-ring (bicyclic) bond motifs is 1. The van der Waals surface area contributed by atoms with Gasteiger partial charge in [-0.05, 0) is 25.8 Å². The second kappa shape index (κ2) is 6.30. The Labute approximate surface area is 128 Å². The van der Waals surface area contributed by atoms with E-state index in [9.17, 15) is 4.79 Å². The molecule has 0 radical (unpaired) electrons. The number of aryl methyl sites for hydroxylation is 2. The number of hydrogen-bond acceptors (Lipinski definition) is 4. The Morgan fingerprint density at radius 2 is 2.19 bits per heavy atom. The highest BCUT2D eigenvalue weighted by Crippen LogP contribution is 2.25. The van der Waals surface area contributed by atoms with Crippen LogP contribution in [0.3, 0.4) is 0 Å². The molecule has 6 nitrogen and oxygen atoms in total. The minimum absolute atomic E-state index is 0.333. The fourth-order valence-corrected chi connectivity index (χ4v) is 2.27. The number of nitrogens with zero attached hydrogens (tertiary/aromatic N) is 4. The Balaban J connectivity index is 2.36. The van der Waals surface area contributed by atoms with Gasteiger partial charge < -0.3 is 4.74 Å². The predicted octanol–water partition coefficient (Wildman–Crippen LogP) is 3.21. The van der Waals surface area contributed by atoms with Crippen molar-refractivity contribution in [2.75, 3.05) is 18.7 Å². The van der Waals surface area contributed by atoms with Gasteiger partial charge in [-0.1, -0.05) is 24.9 Å². The van der Waals surface area contributed by atoms with Crippen LogP contribution < -0.4 is 5.01 Å². The Morgan fingerprint density at radius 3 is 2.86 bits per heavy atom. The summed E-state index contributed by atoms with van der Waals surface area (Å²) in [5.74, 6) is 0. The van der Waals surface area contributed by atoms with Crippen molar-refractivity contribution < 1.29 is 9.53 Å². The molecule has 2 aromatic heterocycles. The molecule has 114 valence electrons. The molecule has 0 aromatic carbocycles. The molecule has 21 heavy (non-hydrogen) atoms. The maximum absolute atomic E-state index is 12.0. The second-order valence-corrected chi connectivity index (χ2v) is 5.25. The van der Waals surface area contributed by atoms with Gasteiger partial charge in [-0.3, -0.25) is 0 Å². The van der Waals surface area contributed by atoms with E-state index in [2.05, 4.69) is 9.97 Å². The molecular weight excluding hydrogens is 292 g/mol. The summed E-state index contributed by atoms with van der Waals surface area (Å²) in [6.07, 6.45) is 2.95. The van der Waals surface area contributed by atoms with Crippen LogP contribution in [0.15, 0.2) is 6.33 Å². The topological polar surface area (TPSA) is 60.2 Å². The van der Waals surface area contributed by atoms with Crippen molar-refractivity contribution in [1.29, 1.82) is 0 Å². The summed E-state index contributed by atoms with van der Waals surface area (Å²) in [5, 5.41) is 1.72. The van der Waals surface area contributed by atoms with Gasteiger partial charge in [0, 0.05) is 12.7 Å². The van der Waals surface area contributed by atoms with Crippen molar-refractivity contribution in [1.82, 2.24) is 14.6 Å². The molecule has 7 heteroatoms. The van der Waals surface area contributed by atoms with Crippen LogP contribution in [0.25, 0.3) is 11.0 Å². The van der Waals surface area contributed by atoms with Gasteiger partial charge >= 0.3 is 6.09 Å². The van der Waals surface area contributed by atoms with Crippen molar-refractivity contribution in [3.63, 3.8) is 0 Å². The lowest BCUT2D eigenvalue weighted by Gasteiger charge is -2.19. The number of halogens is 1. The number of carbonyl (C=O) groups excluding carboxylic acids is 1. The molecule has 0 aliphatic rings. The molecule has 2 rings (SSSR count). The van der Waals surface area contributed by atoms with Gasteiger partial charge in [0.2, 0.25) is 0 Å². The highest BCUT2D eigenvalue weighted by atomic mass is 35.5. The third-order valence-corrected chi connectivity index (χ3v) is 3.68. The van der Waals surface area contributed by atoms with E-state index in [-0.39, 0.29) is 0 Å². The average molecular weight is 311 g/mol. The minimum atomic E-state index is -0.423. The molecule has 0 spiro atoms. The molecule has 2 heterocycles. The van der Waals surface area contributed by atoms with Crippen LogP contribution in [-0.2, 0) is 4.74 Å². The lowest BCUT2D eigenvalue weighted by molar-refractivity contribution is 0.147. The van der Waals surface area contributed by atoms with Crippen molar-refractivity contribution in [2.45, 2.75) is 33.6 Å². The molecule has 0 atom stereocenters. The zero-order valence-electron chi connectivity index (χ0n) is 12.7. The Morgan fingerprint density at radius 1 is 1.48 bits per heavy atom. The molecule has 0 saturated carbocycles. The van der Waals surface area contributed by atoms with Gasteiger partial charge in [-0.15, -0.1) is 0 Å². The smallest absolute Gasteiger partial charge is 0.428 e. The standard InChI is InChI=1S/C14H19ClN4O2/c1-5-6-7-21-14(20)18(4)19-8-16-11-12(19)9(2)10(3)17-13(11)15/h8H,5-7H2,1-4H3. The van der Waals surface area contributed by atoms with E-state index < -0.39 is 6.09 Å². The highest BCUT2D eigenvalue weighted by molar-refractivity contribution is 6.33. The van der Waals surface area contributed by atoms with Gasteiger partial charge in [-0.25, -0.2) is 24.4 Å². The minimum Gasteiger partial charge on any atom is -0.448 e. The molecule has 0 unspecified atom stereocenters. The van der Waals surface area contributed by atoms with Crippen molar-refractivity contribution in [3.05, 3.63) is 22.7 Å². The van der Waals surface area contributed by atoms with E-state index in [1.807, 2.05) is 20.8 Å². The first-order valence-electron chi connectivity index (χ1n) is 6.87. The number of carbonyl (C=O) groups is 1. The maximum Gasteiger partial charge on any atom is 0.428 e. The number of hydrogen-bond donors (Lipinski definition) is 0. The maximum atomic E-state index is 12.0. The summed E-state index contributed by atoms with van der Waals surface area (Å²) in [6.45, 7) is 6.25. The van der Waals surface area contributed by atoms with Crippen LogP contribution in [0.4, 0.5) is 4.79 Å². The van der Waals surface area contributed by atoms with Crippen molar-refractivity contribution in [2.24, 2.45) is 0 Å². The first kappa shape index (κ1) is 15.6. The van der Waals surface area contributed by atoms with Crippen molar-refractivity contribution in [3.8, 4) is 0 Å². The van der Waals surface area contributed by atoms with E-state index in [0.29, 0.717) is 17.3 Å². The quantitative estimate of drug-likeness (QED) is 0.642. The molecule has 0 N–H and O–H groups in total. The largest absolute Gasteiger partial charge is 0.448 e. The summed E-state index contributed by atoms with van der Waals surface area (Å²) in [5.41, 5.74) is 3.08. The average Bonchev–Trinajstić information content (AvgIpc) is 2.89. The predicted molar refractivity (Wildman–Crippen MR) is 82.4 cm³/mol. The summed E-state index contributed by atoms with van der Waals surface area (Å²) < 4.78 is 6.85. The van der Waals surface area contributed by atoms with Gasteiger partial charge in [0.15, 0.2) is 5.15 Å². The molecule has 2 aromatic rings. The molecule has 0 saturated heterocycles. The lowest BCUT2D eigenvalue weighted by Crippen LogP contribution is -2.36. The van der Waals surface area contributed by atoms with E-state index in [1.54, 1.807) is 18.1 Å². The summed E-state index contributed by atoms with van der Waals surface area (Å²) in [4.78, 5) is 20.5. The van der Waals surface area contributed by atoms with Crippen LogP contribution in [0, 0.1) is 13.8 Å². The Kier molecular flexibility index (Phi) is 4.67. The summed E-state index contributed by atoms with van der Waals surface area (Å²) >= 11 is 6.11. The van der Waals surface area contributed by atoms with Crippen LogP contribution in [-0.4, -0.2) is 34.4 Å². The summed E-state index contributed by atoms with van der Waals surface area (Å²) in [7, 11) is 1.64. The van der Waals surface area contributed by atoms with Gasteiger partial charge in [0.05, 0.1) is 12.1 Å². The van der Waals surface area contributed by atoms with E-state index in [4.69, 9.17) is 16.3 Å². The highest BCUT2D eigenvalue weighted by Gasteiger charge is 2.19. The zero-order chi connectivity index (χ0) is 15.6. The molecule has 0 fully saturated rings. The van der Waals surface area contributed by atoms with Crippen LogP contribution in [0.1, 0.15) is 31.0 Å². The zero-order valence-corrected chi connectivity index (χ0v) is 13.4. The fourth-order valence-electron chi connectivity index (χ4n) is 2.01. The Hall–Kier alpha value is -1.82. The third-order valence-electron chi connectivity index (χ3n) is 3.42. The fraction of sp³-hybridized carbons (Fsp3) is 0.500. The van der Waals surface area contributed by atoms with E-state index in [1.165, 1.54) is 5.01 Å². The van der Waals surface area contributed by atoms with Crippen LogP contribution in [0.5, 0.6) is 0 Å². The molecular formula is C14H19ClN4O2. The number of aromatic nitrogens is 3. The molecule has 1 amide bonds. The van der Waals surface area contributed by atoms with Gasteiger partial charge in [0.25, 0.3) is 0 Å². The van der Waals surface area contributed by atoms with E-state index in [0.717, 1.165) is 29.6 Å². The Bertz CT molecular complexity index is 669. The molecule has 0 aliphatic carbocycles. The number of amides is 1. The normalized spacial score (nSPS) is 10.9. The first-order valence-corrected chi connectivity index (χ1v) is 7.25. The van der Waals surface area contributed by atoms with Crippen LogP contribution >= 0.6 is 11.6 Å². The number of imidazole rings is 1. The lowest BCUT2D eigenvalue weighted by atomic mass is 10.2. The number of pyridine rings is 1. The third kappa shape index (κ3) is 2.95. The molecule has 0 aliphatic heterocycles. The second-order valence-electron chi connectivity index (χ2n) is 4.89. The first-order chi connectivity index (χ1) is 9.97. The van der Waals surface area contributed by atoms with Gasteiger partial charge in [0.1, 0.15) is 11.8 Å². The summed E-state index contributed by atoms with van der Waals surface area (Å²) in [6, 6.07) is 0. The van der Waals surface area contributed by atoms with Gasteiger partial charge in [-0.2, -0.15) is 0 Å². The molecule has 0 bridgehead atoms. The monoisotopic (exact) mass is 310 g/mol. The number of ether oxygens (including phenoxy) is 1. The van der Waals surface area contributed by atoms with E-state index >= 15 is 0 Å². The number of unbranched alkanes of at least 4 members (excludes halogenated alkanes) is 1. The van der Waals surface area contributed by atoms with Crippen LogP contribution in [0.2, 0.25) is 5.15 Å².